The van der Waals surface area contributed by atoms with Crippen LogP contribution in [-0.4, -0.2) is 17.8 Å². The monoisotopic (exact) mass is 368 g/mol. The van der Waals surface area contributed by atoms with Crippen molar-refractivity contribution in [2.75, 3.05) is 6.61 Å². The molecule has 1 fully saturated rings. The quantitative estimate of drug-likeness (QED) is 0.858. The molecule has 1 aliphatic rings. The lowest BCUT2D eigenvalue weighted by Gasteiger charge is -2.13. The molecule has 1 aliphatic heterocycles. The normalized spacial score (nSPS) is 22.6. The minimum Gasteiger partial charge on any atom is -0.388 e. The Hall–Kier alpha value is 0.580. The summed E-state index contributed by atoms with van der Waals surface area (Å²) in [5.74, 6) is 0. The van der Waals surface area contributed by atoms with Gasteiger partial charge in [0.15, 0.2) is 0 Å². The van der Waals surface area contributed by atoms with E-state index in [0.717, 1.165) is 45.4 Å². The van der Waals surface area contributed by atoms with Crippen molar-refractivity contribution in [3.05, 3.63) is 19.2 Å². The van der Waals surface area contributed by atoms with Gasteiger partial charge in [-0.05, 0) is 63.6 Å². The Kier molecular flexibility index (Phi) is 4.85. The molecule has 0 amide bonds. The van der Waals surface area contributed by atoms with Crippen molar-refractivity contribution in [1.82, 2.24) is 0 Å². The fourth-order valence-electron chi connectivity index (χ4n) is 1.95. The van der Waals surface area contributed by atoms with Gasteiger partial charge in [-0.25, -0.2) is 0 Å². The summed E-state index contributed by atoms with van der Waals surface area (Å²) in [6.45, 7) is 0.883. The van der Waals surface area contributed by atoms with Gasteiger partial charge in [0.05, 0.1) is 19.8 Å². The van der Waals surface area contributed by atoms with Crippen LogP contribution >= 0.6 is 43.2 Å². The van der Waals surface area contributed by atoms with Crippen molar-refractivity contribution >= 4 is 43.2 Å². The number of aliphatic hydroxyl groups is 1. The van der Waals surface area contributed by atoms with Crippen LogP contribution in [0.15, 0.2) is 13.6 Å². The predicted molar refractivity (Wildman–Crippen MR) is 72.9 cm³/mol. The van der Waals surface area contributed by atoms with Gasteiger partial charge in [-0.2, -0.15) is 0 Å². The summed E-state index contributed by atoms with van der Waals surface area (Å²) in [5.41, 5.74) is 0.981. The zero-order valence-corrected chi connectivity index (χ0v) is 12.8. The molecule has 0 aliphatic carbocycles. The van der Waals surface area contributed by atoms with Gasteiger partial charge in [0.25, 0.3) is 0 Å². The molecule has 2 unspecified atom stereocenters. The van der Waals surface area contributed by atoms with Crippen molar-refractivity contribution in [2.45, 2.75) is 37.9 Å². The van der Waals surface area contributed by atoms with Crippen LogP contribution in [0.1, 0.15) is 37.4 Å². The van der Waals surface area contributed by atoms with Crippen LogP contribution in [0, 0.1) is 0 Å². The molecule has 2 atom stereocenters. The molecule has 2 heterocycles. The smallest absolute Gasteiger partial charge is 0.0810 e. The predicted octanol–water partition coefficient (Wildman–Crippen LogP) is 4.27. The van der Waals surface area contributed by atoms with Gasteiger partial charge in [-0.1, -0.05) is 0 Å². The lowest BCUT2D eigenvalue weighted by Crippen LogP contribution is -2.07. The number of hydrogen-bond donors (Lipinski definition) is 1. The Morgan fingerprint density at radius 2 is 2.38 bits per heavy atom. The number of ether oxygens (including phenoxy) is 1. The zero-order valence-electron chi connectivity index (χ0n) is 8.79. The summed E-state index contributed by atoms with van der Waals surface area (Å²) >= 11 is 8.49. The first-order chi connectivity index (χ1) is 7.66. The van der Waals surface area contributed by atoms with E-state index < -0.39 is 0 Å². The minimum atomic E-state index is -0.388. The van der Waals surface area contributed by atoms with E-state index in [2.05, 4.69) is 31.9 Å². The molecule has 2 nitrogen and oxygen atoms in total. The molecule has 0 bridgehead atoms. The molecule has 2 rings (SSSR count). The average molecular weight is 370 g/mol. The number of rotatable bonds is 4. The summed E-state index contributed by atoms with van der Waals surface area (Å²) in [7, 11) is 0. The standard InChI is InChI=1S/C11H14Br2O2S/c12-10-6-8(11(13)16-10)9(14)4-3-7-2-1-5-15-7/h6-7,9,14H,1-5H2. The Morgan fingerprint density at radius 3 is 2.94 bits per heavy atom. The first kappa shape index (κ1) is 13.0. The fraction of sp³-hybridized carbons (Fsp3) is 0.636. The van der Waals surface area contributed by atoms with E-state index in [-0.39, 0.29) is 6.10 Å². The van der Waals surface area contributed by atoms with E-state index in [9.17, 15) is 5.11 Å². The molecule has 1 aromatic rings. The third-order valence-electron chi connectivity index (χ3n) is 2.83. The zero-order chi connectivity index (χ0) is 11.5. The molecule has 16 heavy (non-hydrogen) atoms. The molecule has 0 saturated carbocycles. The second-order valence-electron chi connectivity index (χ2n) is 4.01. The van der Waals surface area contributed by atoms with Gasteiger partial charge < -0.3 is 9.84 Å². The van der Waals surface area contributed by atoms with Gasteiger partial charge in [0.1, 0.15) is 0 Å². The summed E-state index contributed by atoms with van der Waals surface area (Å²) < 4.78 is 7.61. The maximum atomic E-state index is 10.1. The second kappa shape index (κ2) is 5.96. The number of hydrogen-bond acceptors (Lipinski definition) is 3. The van der Waals surface area contributed by atoms with E-state index in [1.807, 2.05) is 6.07 Å². The molecule has 5 heteroatoms. The molecule has 0 aromatic carbocycles. The van der Waals surface area contributed by atoms with E-state index in [1.165, 1.54) is 0 Å². The van der Waals surface area contributed by atoms with E-state index in [1.54, 1.807) is 11.3 Å². The van der Waals surface area contributed by atoms with Crippen LogP contribution in [0.2, 0.25) is 0 Å². The largest absolute Gasteiger partial charge is 0.388 e. The van der Waals surface area contributed by atoms with Crippen LogP contribution in [0.4, 0.5) is 0 Å². The van der Waals surface area contributed by atoms with Crippen molar-refractivity contribution in [1.29, 1.82) is 0 Å². The van der Waals surface area contributed by atoms with Crippen molar-refractivity contribution in [3.8, 4) is 0 Å². The Labute approximate surface area is 116 Å². The maximum Gasteiger partial charge on any atom is 0.0810 e. The van der Waals surface area contributed by atoms with E-state index in [4.69, 9.17) is 4.74 Å². The van der Waals surface area contributed by atoms with Gasteiger partial charge in [-0.3, -0.25) is 0 Å². The lowest BCUT2D eigenvalue weighted by molar-refractivity contribution is 0.0812. The highest BCUT2D eigenvalue weighted by Crippen LogP contribution is 2.37. The van der Waals surface area contributed by atoms with E-state index >= 15 is 0 Å². The number of aliphatic hydroxyl groups excluding tert-OH is 1. The lowest BCUT2D eigenvalue weighted by atomic mass is 10.0. The maximum absolute atomic E-state index is 10.1. The van der Waals surface area contributed by atoms with Gasteiger partial charge in [-0.15, -0.1) is 11.3 Å². The highest BCUT2D eigenvalue weighted by molar-refractivity contribution is 9.12. The van der Waals surface area contributed by atoms with Crippen molar-refractivity contribution < 1.29 is 9.84 Å². The molecule has 1 N–H and O–H groups in total. The van der Waals surface area contributed by atoms with Crippen LogP contribution in [-0.2, 0) is 4.74 Å². The Balaban J connectivity index is 1.87. The van der Waals surface area contributed by atoms with Crippen molar-refractivity contribution in [2.24, 2.45) is 0 Å². The van der Waals surface area contributed by atoms with Crippen LogP contribution in [0.3, 0.4) is 0 Å². The number of halogens is 2. The molecular weight excluding hydrogens is 356 g/mol. The molecule has 1 saturated heterocycles. The van der Waals surface area contributed by atoms with Crippen LogP contribution in [0.5, 0.6) is 0 Å². The van der Waals surface area contributed by atoms with E-state index in [0.29, 0.717) is 6.10 Å². The average Bonchev–Trinajstić information content (AvgIpc) is 2.84. The third kappa shape index (κ3) is 3.29. The Bertz CT molecular complexity index is 348. The van der Waals surface area contributed by atoms with Crippen molar-refractivity contribution in [3.63, 3.8) is 0 Å². The van der Waals surface area contributed by atoms with Crippen LogP contribution in [0.25, 0.3) is 0 Å². The summed E-state index contributed by atoms with van der Waals surface area (Å²) in [4.78, 5) is 0. The molecule has 0 spiro atoms. The fourth-order valence-corrected chi connectivity index (χ4v) is 4.91. The molecule has 0 radical (unpaired) electrons. The van der Waals surface area contributed by atoms with Crippen LogP contribution < -0.4 is 0 Å². The second-order valence-corrected chi connectivity index (χ2v) is 7.76. The first-order valence-electron chi connectivity index (χ1n) is 5.41. The SMILES string of the molecule is OC(CCC1CCCO1)c1cc(Br)sc1Br. The highest BCUT2D eigenvalue weighted by atomic mass is 79.9. The summed E-state index contributed by atoms with van der Waals surface area (Å²) in [5, 5.41) is 10.1. The van der Waals surface area contributed by atoms with Gasteiger partial charge in [0, 0.05) is 12.2 Å². The van der Waals surface area contributed by atoms with Gasteiger partial charge >= 0.3 is 0 Å². The summed E-state index contributed by atoms with van der Waals surface area (Å²) in [6, 6.07) is 1.98. The Morgan fingerprint density at radius 1 is 1.56 bits per heavy atom. The highest BCUT2D eigenvalue weighted by Gasteiger charge is 2.19. The molecular formula is C11H14Br2O2S. The summed E-state index contributed by atoms with van der Waals surface area (Å²) in [6.07, 6.45) is 3.99. The minimum absolute atomic E-state index is 0.357. The topological polar surface area (TPSA) is 29.5 Å². The van der Waals surface area contributed by atoms with Gasteiger partial charge in [0.2, 0.25) is 0 Å². The third-order valence-corrected chi connectivity index (χ3v) is 5.21. The first-order valence-corrected chi connectivity index (χ1v) is 7.81. The number of thiophene rings is 1. The molecule has 1 aromatic heterocycles. The molecule has 90 valence electrons.